The first kappa shape index (κ1) is 18.4. The molecule has 0 bridgehead atoms. The van der Waals surface area contributed by atoms with Crippen LogP contribution in [0.3, 0.4) is 0 Å². The number of ether oxygens (including phenoxy) is 1. The van der Waals surface area contributed by atoms with E-state index in [0.29, 0.717) is 30.5 Å². The molecular weight excluding hydrogens is 354 g/mol. The quantitative estimate of drug-likeness (QED) is 0.834. The van der Waals surface area contributed by atoms with Crippen LogP contribution in [0.25, 0.3) is 0 Å². The molecule has 7 nitrogen and oxygen atoms in total. The maximum atomic E-state index is 11.9. The van der Waals surface area contributed by atoms with E-state index in [1.54, 1.807) is 12.0 Å². The first-order valence-corrected chi connectivity index (χ1v) is 8.77. The van der Waals surface area contributed by atoms with Crippen LogP contribution >= 0.6 is 11.6 Å². The van der Waals surface area contributed by atoms with E-state index in [9.17, 15) is 4.79 Å². The molecule has 1 aromatic heterocycles. The molecule has 1 aliphatic heterocycles. The molecule has 1 unspecified atom stereocenters. The lowest BCUT2D eigenvalue weighted by atomic mass is 10.1. The number of hydrogen-bond donors (Lipinski definition) is 1. The fourth-order valence-corrected chi connectivity index (χ4v) is 3.01. The number of anilines is 2. The van der Waals surface area contributed by atoms with Gasteiger partial charge in [-0.3, -0.25) is 4.79 Å². The highest BCUT2D eigenvalue weighted by molar-refractivity contribution is 6.30. The highest BCUT2D eigenvalue weighted by Gasteiger charge is 2.22. The topological polar surface area (TPSA) is 70.6 Å². The van der Waals surface area contributed by atoms with Gasteiger partial charge in [-0.15, -0.1) is 0 Å². The van der Waals surface area contributed by atoms with Crippen molar-refractivity contribution in [1.82, 2.24) is 14.9 Å². The van der Waals surface area contributed by atoms with E-state index in [-0.39, 0.29) is 12.0 Å². The van der Waals surface area contributed by atoms with Crippen molar-refractivity contribution >= 4 is 29.1 Å². The van der Waals surface area contributed by atoms with Crippen LogP contribution in [0, 0.1) is 0 Å². The van der Waals surface area contributed by atoms with Gasteiger partial charge in [0.2, 0.25) is 5.91 Å². The average molecular weight is 376 g/mol. The van der Waals surface area contributed by atoms with Crippen LogP contribution in [0.5, 0.6) is 0 Å². The van der Waals surface area contributed by atoms with Crippen LogP contribution in [0.2, 0.25) is 5.02 Å². The van der Waals surface area contributed by atoms with Gasteiger partial charge >= 0.3 is 0 Å². The van der Waals surface area contributed by atoms with Gasteiger partial charge in [-0.1, -0.05) is 23.7 Å². The molecular formula is C18H22ClN5O2. The maximum absolute atomic E-state index is 11.9. The van der Waals surface area contributed by atoms with E-state index >= 15 is 0 Å². The number of likely N-dealkylation sites (N-methyl/N-ethyl adjacent to an activating group) is 1. The second kappa shape index (κ2) is 8.33. The lowest BCUT2D eigenvalue weighted by molar-refractivity contribution is -0.129. The van der Waals surface area contributed by atoms with Crippen molar-refractivity contribution in [2.24, 2.45) is 0 Å². The number of benzene rings is 1. The summed E-state index contributed by atoms with van der Waals surface area (Å²) in [6.07, 6.45) is 1.35. The Labute approximate surface area is 157 Å². The first-order chi connectivity index (χ1) is 12.6. The molecule has 138 valence electrons. The van der Waals surface area contributed by atoms with Crippen molar-refractivity contribution in [2.45, 2.75) is 6.10 Å². The van der Waals surface area contributed by atoms with Crippen LogP contribution < -0.4 is 10.2 Å². The molecule has 1 fully saturated rings. The number of amides is 1. The number of carbonyl (C=O) groups is 1. The molecule has 0 saturated carbocycles. The molecule has 8 heteroatoms. The molecule has 2 aromatic rings. The minimum absolute atomic E-state index is 0.0878. The second-order valence-corrected chi connectivity index (χ2v) is 6.59. The summed E-state index contributed by atoms with van der Waals surface area (Å²) in [6.45, 7) is 2.30. The Bertz CT molecular complexity index is 773. The number of carbonyl (C=O) groups excluding carboxylic acids is 1. The molecule has 3 rings (SSSR count). The van der Waals surface area contributed by atoms with Gasteiger partial charge in [-0.2, -0.15) is 0 Å². The van der Waals surface area contributed by atoms with Gasteiger partial charge in [-0.25, -0.2) is 9.97 Å². The predicted octanol–water partition coefficient (Wildman–Crippen LogP) is 2.21. The van der Waals surface area contributed by atoms with Crippen molar-refractivity contribution in [1.29, 1.82) is 0 Å². The summed E-state index contributed by atoms with van der Waals surface area (Å²) in [5.74, 6) is 1.51. The van der Waals surface area contributed by atoms with E-state index < -0.39 is 0 Å². The number of nitrogens with one attached hydrogen (secondary N) is 1. The summed E-state index contributed by atoms with van der Waals surface area (Å²) in [5.41, 5.74) is 0.992. The standard InChI is InChI=1S/C18H22ClN5O2/c1-23-6-7-24(11-18(23)25)17-9-16(21-12-22-17)20-10-15(26-2)13-4-3-5-14(19)8-13/h3-5,8-9,12,15H,6-7,10-11H2,1-2H3,(H,20,21,22). The Morgan fingerprint density at radius 3 is 2.88 bits per heavy atom. The number of hydrogen-bond acceptors (Lipinski definition) is 6. The van der Waals surface area contributed by atoms with Crippen LogP contribution in [-0.4, -0.2) is 61.1 Å². The van der Waals surface area contributed by atoms with Gasteiger partial charge in [-0.05, 0) is 17.7 Å². The lowest BCUT2D eigenvalue weighted by Crippen LogP contribution is -2.48. The average Bonchev–Trinajstić information content (AvgIpc) is 2.65. The minimum atomic E-state index is -0.155. The molecule has 0 spiro atoms. The molecule has 1 saturated heterocycles. The van der Waals surface area contributed by atoms with Gasteiger partial charge < -0.3 is 19.9 Å². The minimum Gasteiger partial charge on any atom is -0.375 e. The van der Waals surface area contributed by atoms with Crippen molar-refractivity contribution < 1.29 is 9.53 Å². The van der Waals surface area contributed by atoms with Gasteiger partial charge in [0.15, 0.2) is 0 Å². The zero-order chi connectivity index (χ0) is 18.5. The largest absolute Gasteiger partial charge is 0.375 e. The zero-order valence-electron chi connectivity index (χ0n) is 14.9. The molecule has 0 radical (unpaired) electrons. The molecule has 1 atom stereocenters. The third-order valence-electron chi connectivity index (χ3n) is 4.41. The van der Waals surface area contributed by atoms with Gasteiger partial charge in [0, 0.05) is 44.9 Å². The van der Waals surface area contributed by atoms with Crippen LogP contribution in [0.4, 0.5) is 11.6 Å². The zero-order valence-corrected chi connectivity index (χ0v) is 15.6. The Morgan fingerprint density at radius 2 is 2.15 bits per heavy atom. The Balaban J connectivity index is 1.66. The molecule has 2 heterocycles. The lowest BCUT2D eigenvalue weighted by Gasteiger charge is -2.32. The molecule has 1 aliphatic rings. The maximum Gasteiger partial charge on any atom is 0.241 e. The molecule has 1 amide bonds. The highest BCUT2D eigenvalue weighted by atomic mass is 35.5. The van der Waals surface area contributed by atoms with Gasteiger partial charge in [0.05, 0.1) is 12.6 Å². The summed E-state index contributed by atoms with van der Waals surface area (Å²) >= 11 is 6.06. The monoisotopic (exact) mass is 375 g/mol. The van der Waals surface area contributed by atoms with Crippen molar-refractivity contribution in [2.75, 3.05) is 50.6 Å². The smallest absolute Gasteiger partial charge is 0.241 e. The van der Waals surface area contributed by atoms with Gasteiger partial charge in [0.25, 0.3) is 0 Å². The predicted molar refractivity (Wildman–Crippen MR) is 102 cm³/mol. The third-order valence-corrected chi connectivity index (χ3v) is 4.64. The number of piperazine rings is 1. The summed E-state index contributed by atoms with van der Waals surface area (Å²) in [5, 5.41) is 3.95. The summed E-state index contributed by atoms with van der Waals surface area (Å²) < 4.78 is 5.56. The normalized spacial score (nSPS) is 15.9. The third kappa shape index (κ3) is 4.42. The highest BCUT2D eigenvalue weighted by Crippen LogP contribution is 2.22. The number of aromatic nitrogens is 2. The number of methoxy groups -OCH3 is 1. The van der Waals surface area contributed by atoms with E-state index in [1.165, 1.54) is 6.33 Å². The van der Waals surface area contributed by atoms with E-state index in [1.807, 2.05) is 42.3 Å². The van der Waals surface area contributed by atoms with Crippen molar-refractivity contribution in [3.05, 3.63) is 47.2 Å². The number of rotatable bonds is 6. The van der Waals surface area contributed by atoms with E-state index in [4.69, 9.17) is 16.3 Å². The van der Waals surface area contributed by atoms with Crippen LogP contribution in [0.15, 0.2) is 36.7 Å². The SMILES string of the molecule is COC(CNc1cc(N2CCN(C)C(=O)C2)ncn1)c1cccc(Cl)c1. The fraction of sp³-hybridized carbons (Fsp3) is 0.389. The summed E-state index contributed by atoms with van der Waals surface area (Å²) in [7, 11) is 3.47. The second-order valence-electron chi connectivity index (χ2n) is 6.16. The summed E-state index contributed by atoms with van der Waals surface area (Å²) in [4.78, 5) is 24.1. The van der Waals surface area contributed by atoms with Crippen molar-refractivity contribution in [3.8, 4) is 0 Å². The Morgan fingerprint density at radius 1 is 1.31 bits per heavy atom. The molecule has 26 heavy (non-hydrogen) atoms. The summed E-state index contributed by atoms with van der Waals surface area (Å²) in [6, 6.07) is 9.45. The number of nitrogens with zero attached hydrogens (tertiary/aromatic N) is 4. The Hall–Kier alpha value is -2.38. The van der Waals surface area contributed by atoms with E-state index in [0.717, 1.165) is 17.9 Å². The fourth-order valence-electron chi connectivity index (χ4n) is 2.81. The Kier molecular flexibility index (Phi) is 5.90. The molecule has 1 N–H and O–H groups in total. The van der Waals surface area contributed by atoms with E-state index in [2.05, 4.69) is 15.3 Å². The van der Waals surface area contributed by atoms with Crippen LogP contribution in [0.1, 0.15) is 11.7 Å². The molecule has 1 aromatic carbocycles. The van der Waals surface area contributed by atoms with Gasteiger partial charge in [0.1, 0.15) is 18.0 Å². The van der Waals surface area contributed by atoms with Crippen molar-refractivity contribution in [3.63, 3.8) is 0 Å². The molecule has 0 aliphatic carbocycles. The number of halogens is 1. The first-order valence-electron chi connectivity index (χ1n) is 8.40. The van der Waals surface area contributed by atoms with Crippen LogP contribution in [-0.2, 0) is 9.53 Å².